The number of nitrogens with one attached hydrogen (secondary N) is 2. The Labute approximate surface area is 149 Å². The summed E-state index contributed by atoms with van der Waals surface area (Å²) >= 11 is 0. The highest BCUT2D eigenvalue weighted by atomic mass is 16.5. The minimum Gasteiger partial charge on any atom is -0.466 e. The Morgan fingerprint density at radius 2 is 1.68 bits per heavy atom. The number of hydrogen-bond donors (Lipinski definition) is 2. The fourth-order valence-electron chi connectivity index (χ4n) is 3.56. The zero-order chi connectivity index (χ0) is 18.6. The van der Waals surface area contributed by atoms with Gasteiger partial charge in [-0.2, -0.15) is 0 Å². The van der Waals surface area contributed by atoms with Gasteiger partial charge in [0.05, 0.1) is 23.7 Å². The van der Waals surface area contributed by atoms with Gasteiger partial charge in [0.25, 0.3) is 0 Å². The fraction of sp³-hybridized carbons (Fsp3) is 0.500. The van der Waals surface area contributed by atoms with Gasteiger partial charge in [-0.25, -0.2) is 0 Å². The number of aldehydes is 1. The van der Waals surface area contributed by atoms with Crippen LogP contribution in [0, 0.1) is 13.8 Å². The number of ether oxygens (including phenoxy) is 1. The molecule has 0 unspecified atom stereocenters. The summed E-state index contributed by atoms with van der Waals surface area (Å²) in [4.78, 5) is 29.2. The summed E-state index contributed by atoms with van der Waals surface area (Å²) in [5.74, 6) is -0.263. The number of H-pyrrole nitrogens is 2. The van der Waals surface area contributed by atoms with Crippen LogP contribution in [0.5, 0.6) is 0 Å². The second-order valence-corrected chi connectivity index (χ2v) is 6.37. The maximum absolute atomic E-state index is 11.4. The van der Waals surface area contributed by atoms with Crippen LogP contribution in [-0.2, 0) is 28.8 Å². The minimum absolute atomic E-state index is 0.263. The van der Waals surface area contributed by atoms with Crippen LogP contribution in [-0.4, -0.2) is 28.8 Å². The molecule has 0 saturated carbocycles. The minimum atomic E-state index is -0.263. The Balaban J connectivity index is 2.43. The summed E-state index contributed by atoms with van der Waals surface area (Å²) in [6, 6.07) is 0. The number of carbonyl (C=O) groups is 2. The van der Waals surface area contributed by atoms with Gasteiger partial charge in [-0.3, -0.25) is 9.59 Å². The number of carbonyl (C=O) groups excluding carboxylic acids is 2. The van der Waals surface area contributed by atoms with E-state index >= 15 is 0 Å². The molecule has 0 aromatic carbocycles. The maximum Gasteiger partial charge on any atom is 0.302 e. The highest BCUT2D eigenvalue weighted by molar-refractivity contribution is 5.81. The molecule has 5 heteroatoms. The summed E-state index contributed by atoms with van der Waals surface area (Å²) in [6.07, 6.45) is 4.26. The third-order valence-electron chi connectivity index (χ3n) is 4.80. The van der Waals surface area contributed by atoms with Crippen molar-refractivity contribution in [2.75, 3.05) is 6.61 Å². The summed E-state index contributed by atoms with van der Waals surface area (Å²) in [6.45, 7) is 10.2. The molecule has 0 spiro atoms. The predicted molar refractivity (Wildman–Crippen MR) is 99.2 cm³/mol. The normalized spacial score (nSPS) is 10.9. The summed E-state index contributed by atoms with van der Waals surface area (Å²) in [5.41, 5.74) is 8.61. The van der Waals surface area contributed by atoms with Crippen molar-refractivity contribution in [2.24, 2.45) is 0 Å². The lowest BCUT2D eigenvalue weighted by molar-refractivity contribution is -0.141. The average Bonchev–Trinajstić information content (AvgIpc) is 3.07. The van der Waals surface area contributed by atoms with Crippen LogP contribution in [0.15, 0.2) is 0 Å². The van der Waals surface area contributed by atoms with Crippen molar-refractivity contribution in [3.63, 3.8) is 0 Å². The van der Waals surface area contributed by atoms with Crippen molar-refractivity contribution in [1.29, 1.82) is 0 Å². The van der Waals surface area contributed by atoms with Gasteiger partial charge in [0.15, 0.2) is 6.29 Å². The molecule has 0 bridgehead atoms. The third-order valence-corrected chi connectivity index (χ3v) is 4.80. The van der Waals surface area contributed by atoms with Crippen LogP contribution in [0.4, 0.5) is 0 Å². The number of aryl methyl sites for hydroxylation is 1. The molecule has 0 aliphatic carbocycles. The molecule has 0 radical (unpaired) electrons. The lowest BCUT2D eigenvalue weighted by Gasteiger charge is -2.08. The van der Waals surface area contributed by atoms with Crippen molar-refractivity contribution in [2.45, 2.75) is 60.3 Å². The van der Waals surface area contributed by atoms with Crippen LogP contribution < -0.4 is 0 Å². The largest absolute Gasteiger partial charge is 0.466 e. The summed E-state index contributed by atoms with van der Waals surface area (Å²) in [7, 11) is 0. The molecule has 5 nitrogen and oxygen atoms in total. The lowest BCUT2D eigenvalue weighted by atomic mass is 9.98. The Morgan fingerprint density at radius 1 is 1.04 bits per heavy atom. The smallest absolute Gasteiger partial charge is 0.302 e. The van der Waals surface area contributed by atoms with Gasteiger partial charge < -0.3 is 14.7 Å². The Kier molecular flexibility index (Phi) is 6.23. The molecular formula is C20H28N2O3. The number of hydrogen-bond acceptors (Lipinski definition) is 3. The SMILES string of the molecule is CCc1c(C)[nH]c(-c2[nH]c(C=O)c(C)c2CCCOC(C)=O)c1CC. The zero-order valence-corrected chi connectivity index (χ0v) is 15.8. The molecule has 25 heavy (non-hydrogen) atoms. The highest BCUT2D eigenvalue weighted by Crippen LogP contribution is 2.33. The van der Waals surface area contributed by atoms with Gasteiger partial charge >= 0.3 is 5.97 Å². The van der Waals surface area contributed by atoms with E-state index < -0.39 is 0 Å². The molecule has 0 amide bonds. The highest BCUT2D eigenvalue weighted by Gasteiger charge is 2.21. The Bertz CT molecular complexity index is 768. The third kappa shape index (κ3) is 3.86. The number of esters is 1. The van der Waals surface area contributed by atoms with Crippen LogP contribution in [0.2, 0.25) is 0 Å². The van der Waals surface area contributed by atoms with Gasteiger partial charge in [-0.05, 0) is 61.8 Å². The van der Waals surface area contributed by atoms with Crippen LogP contribution in [0.25, 0.3) is 11.4 Å². The van der Waals surface area contributed by atoms with E-state index in [-0.39, 0.29) is 5.97 Å². The predicted octanol–water partition coefficient (Wildman–Crippen LogP) is 4.06. The van der Waals surface area contributed by atoms with Crippen LogP contribution in [0.3, 0.4) is 0 Å². The molecule has 2 aromatic heterocycles. The maximum atomic E-state index is 11.4. The quantitative estimate of drug-likeness (QED) is 0.431. The summed E-state index contributed by atoms with van der Waals surface area (Å²) in [5, 5.41) is 0. The first kappa shape index (κ1) is 19.0. The molecule has 2 aromatic rings. The first-order valence-electron chi connectivity index (χ1n) is 8.95. The molecule has 0 aliphatic rings. The van der Waals surface area contributed by atoms with Gasteiger partial charge in [0, 0.05) is 12.6 Å². The van der Waals surface area contributed by atoms with Gasteiger partial charge in [-0.15, -0.1) is 0 Å². The zero-order valence-electron chi connectivity index (χ0n) is 15.8. The molecule has 0 atom stereocenters. The van der Waals surface area contributed by atoms with E-state index in [4.69, 9.17) is 4.74 Å². The molecule has 2 N–H and O–H groups in total. The van der Waals surface area contributed by atoms with E-state index in [0.29, 0.717) is 12.3 Å². The van der Waals surface area contributed by atoms with E-state index in [0.717, 1.165) is 54.5 Å². The average molecular weight is 344 g/mol. The van der Waals surface area contributed by atoms with Gasteiger partial charge in [0.1, 0.15) is 0 Å². The van der Waals surface area contributed by atoms with E-state index in [1.165, 1.54) is 23.7 Å². The standard InChI is InChI=1S/C20H28N2O3/c1-6-15-13(4)21-19(16(15)7-2)20-17(9-8-10-25-14(5)24)12(3)18(11-23)22-20/h11,21-22H,6-10H2,1-5H3. The van der Waals surface area contributed by atoms with E-state index in [9.17, 15) is 9.59 Å². The first-order chi connectivity index (χ1) is 11.9. The Hall–Kier alpha value is -2.30. The van der Waals surface area contributed by atoms with Crippen molar-refractivity contribution >= 4 is 12.3 Å². The molecule has 0 aliphatic heterocycles. The number of aromatic nitrogens is 2. The van der Waals surface area contributed by atoms with Gasteiger partial charge in [0.2, 0.25) is 0 Å². The van der Waals surface area contributed by atoms with E-state index in [2.05, 4.69) is 30.7 Å². The van der Waals surface area contributed by atoms with Crippen LogP contribution >= 0.6 is 0 Å². The molecule has 0 saturated heterocycles. The van der Waals surface area contributed by atoms with E-state index in [1.807, 2.05) is 6.92 Å². The van der Waals surface area contributed by atoms with Crippen molar-refractivity contribution in [3.05, 3.63) is 33.6 Å². The molecule has 0 fully saturated rings. The number of aromatic amines is 2. The van der Waals surface area contributed by atoms with Crippen molar-refractivity contribution < 1.29 is 14.3 Å². The van der Waals surface area contributed by atoms with Gasteiger partial charge in [-0.1, -0.05) is 13.8 Å². The summed E-state index contributed by atoms with van der Waals surface area (Å²) < 4.78 is 5.04. The lowest BCUT2D eigenvalue weighted by Crippen LogP contribution is -2.02. The monoisotopic (exact) mass is 344 g/mol. The Morgan fingerprint density at radius 3 is 2.24 bits per heavy atom. The fourth-order valence-corrected chi connectivity index (χ4v) is 3.56. The van der Waals surface area contributed by atoms with Crippen LogP contribution in [0.1, 0.15) is 65.6 Å². The first-order valence-corrected chi connectivity index (χ1v) is 8.95. The molecule has 2 rings (SSSR count). The van der Waals surface area contributed by atoms with Crippen molar-refractivity contribution in [3.8, 4) is 11.4 Å². The second-order valence-electron chi connectivity index (χ2n) is 6.37. The molecule has 2 heterocycles. The molecule has 136 valence electrons. The second kappa shape index (κ2) is 8.19. The van der Waals surface area contributed by atoms with E-state index in [1.54, 1.807) is 0 Å². The number of rotatable bonds is 8. The molecular weight excluding hydrogens is 316 g/mol. The van der Waals surface area contributed by atoms with Crippen molar-refractivity contribution in [1.82, 2.24) is 9.97 Å². The topological polar surface area (TPSA) is 74.9 Å².